The first-order chi connectivity index (χ1) is 11.4. The molecule has 7 heteroatoms. The van der Waals surface area contributed by atoms with E-state index in [1.807, 2.05) is 6.26 Å². The number of thioether (sulfide) groups is 1. The molecule has 0 bridgehead atoms. The SMILES string of the molecule is CSc1ccc(C(=O)O[C@H](C)C(=O)Nc2ccc(Br)cc2F)cc1. The number of esters is 1. The zero-order valence-corrected chi connectivity index (χ0v) is 15.4. The maximum Gasteiger partial charge on any atom is 0.338 e. The van der Waals surface area contributed by atoms with Gasteiger partial charge in [-0.2, -0.15) is 0 Å². The molecule has 2 aromatic carbocycles. The minimum atomic E-state index is -1.05. The highest BCUT2D eigenvalue weighted by molar-refractivity contribution is 9.10. The van der Waals surface area contributed by atoms with E-state index >= 15 is 0 Å². The number of carbonyl (C=O) groups excluding carboxylic acids is 2. The fourth-order valence-corrected chi connectivity index (χ4v) is 2.58. The number of carbonyl (C=O) groups is 2. The molecule has 1 atom stereocenters. The average molecular weight is 412 g/mol. The Balaban J connectivity index is 1.98. The van der Waals surface area contributed by atoms with Crippen molar-refractivity contribution in [1.29, 1.82) is 0 Å². The van der Waals surface area contributed by atoms with Gasteiger partial charge in [-0.25, -0.2) is 9.18 Å². The van der Waals surface area contributed by atoms with Gasteiger partial charge < -0.3 is 10.1 Å². The molecule has 126 valence electrons. The van der Waals surface area contributed by atoms with E-state index in [2.05, 4.69) is 21.2 Å². The molecule has 0 heterocycles. The third-order valence-corrected chi connectivity index (χ3v) is 4.40. The van der Waals surface area contributed by atoms with Crippen LogP contribution in [0.3, 0.4) is 0 Å². The summed E-state index contributed by atoms with van der Waals surface area (Å²) in [5.74, 6) is -1.80. The van der Waals surface area contributed by atoms with Crippen molar-refractivity contribution >= 4 is 45.3 Å². The van der Waals surface area contributed by atoms with Crippen molar-refractivity contribution in [3.63, 3.8) is 0 Å². The number of hydrogen-bond donors (Lipinski definition) is 1. The minimum absolute atomic E-state index is 0.0235. The van der Waals surface area contributed by atoms with Crippen LogP contribution in [0, 0.1) is 5.82 Å². The van der Waals surface area contributed by atoms with Gasteiger partial charge >= 0.3 is 5.97 Å². The molecule has 2 aromatic rings. The van der Waals surface area contributed by atoms with E-state index in [1.165, 1.54) is 19.1 Å². The Kier molecular flexibility index (Phi) is 6.39. The number of nitrogens with one attached hydrogen (secondary N) is 1. The molecule has 0 spiro atoms. The van der Waals surface area contributed by atoms with Gasteiger partial charge in [0.15, 0.2) is 6.10 Å². The summed E-state index contributed by atoms with van der Waals surface area (Å²) in [7, 11) is 0. The van der Waals surface area contributed by atoms with Crippen molar-refractivity contribution in [3.05, 3.63) is 58.3 Å². The van der Waals surface area contributed by atoms with Gasteiger partial charge in [-0.15, -0.1) is 11.8 Å². The third kappa shape index (κ3) is 4.82. The zero-order chi connectivity index (χ0) is 17.7. The van der Waals surface area contributed by atoms with Crippen LogP contribution in [0.2, 0.25) is 0 Å². The number of anilines is 1. The number of halogens is 2. The Morgan fingerprint density at radius 1 is 1.21 bits per heavy atom. The lowest BCUT2D eigenvalue weighted by Crippen LogP contribution is -2.30. The van der Waals surface area contributed by atoms with Gasteiger partial charge in [0.25, 0.3) is 5.91 Å². The molecule has 0 unspecified atom stereocenters. The second-order valence-electron chi connectivity index (χ2n) is 4.89. The lowest BCUT2D eigenvalue weighted by Gasteiger charge is -2.14. The summed E-state index contributed by atoms with van der Waals surface area (Å²) in [4.78, 5) is 25.1. The van der Waals surface area contributed by atoms with Crippen LogP contribution in [0.1, 0.15) is 17.3 Å². The summed E-state index contributed by atoms with van der Waals surface area (Å²) < 4.78 is 19.4. The van der Waals surface area contributed by atoms with Crippen LogP contribution in [0.15, 0.2) is 51.8 Å². The van der Waals surface area contributed by atoms with E-state index < -0.39 is 23.8 Å². The Morgan fingerprint density at radius 2 is 1.88 bits per heavy atom. The predicted octanol–water partition coefficient (Wildman–Crippen LogP) is 4.49. The lowest BCUT2D eigenvalue weighted by atomic mass is 10.2. The van der Waals surface area contributed by atoms with Crippen molar-refractivity contribution in [1.82, 2.24) is 0 Å². The zero-order valence-electron chi connectivity index (χ0n) is 13.0. The van der Waals surface area contributed by atoms with E-state index in [0.29, 0.717) is 10.0 Å². The summed E-state index contributed by atoms with van der Waals surface area (Å²) in [6.07, 6.45) is 0.877. The standard InChI is InChI=1S/C17H15BrFNO3S/c1-10(16(21)20-15-8-5-12(18)9-14(15)19)23-17(22)11-3-6-13(24-2)7-4-11/h3-10H,1-2H3,(H,20,21)/t10-/m1/s1. The first kappa shape index (κ1) is 18.5. The highest BCUT2D eigenvalue weighted by Crippen LogP contribution is 2.20. The Bertz CT molecular complexity index is 752. The molecule has 0 radical (unpaired) electrons. The smallest absolute Gasteiger partial charge is 0.338 e. The first-order valence-corrected chi connectivity index (χ1v) is 9.03. The summed E-state index contributed by atoms with van der Waals surface area (Å²) in [6, 6.07) is 11.1. The van der Waals surface area contributed by atoms with Crippen molar-refractivity contribution < 1.29 is 18.7 Å². The van der Waals surface area contributed by atoms with E-state index in [9.17, 15) is 14.0 Å². The van der Waals surface area contributed by atoms with Crippen LogP contribution in [-0.2, 0) is 9.53 Å². The van der Waals surface area contributed by atoms with Gasteiger partial charge in [0.2, 0.25) is 0 Å². The molecular weight excluding hydrogens is 397 g/mol. The van der Waals surface area contributed by atoms with Crippen LogP contribution in [0.5, 0.6) is 0 Å². The monoisotopic (exact) mass is 411 g/mol. The maximum absolute atomic E-state index is 13.7. The molecule has 0 saturated carbocycles. The number of benzene rings is 2. The van der Waals surface area contributed by atoms with Gasteiger partial charge in [0.1, 0.15) is 5.82 Å². The van der Waals surface area contributed by atoms with Crippen LogP contribution >= 0.6 is 27.7 Å². The molecule has 24 heavy (non-hydrogen) atoms. The lowest BCUT2D eigenvalue weighted by molar-refractivity contribution is -0.123. The molecule has 1 amide bonds. The second kappa shape index (κ2) is 8.30. The molecule has 0 fully saturated rings. The van der Waals surface area contributed by atoms with Crippen molar-refractivity contribution in [2.24, 2.45) is 0 Å². The van der Waals surface area contributed by atoms with Crippen molar-refractivity contribution in [2.45, 2.75) is 17.9 Å². The fraction of sp³-hybridized carbons (Fsp3) is 0.176. The number of rotatable bonds is 5. The fourth-order valence-electron chi connectivity index (χ4n) is 1.83. The molecule has 0 aromatic heterocycles. The second-order valence-corrected chi connectivity index (χ2v) is 6.68. The van der Waals surface area contributed by atoms with Gasteiger partial charge in [0.05, 0.1) is 11.3 Å². The molecule has 0 aliphatic carbocycles. The van der Waals surface area contributed by atoms with Crippen molar-refractivity contribution in [3.8, 4) is 0 Å². The highest BCUT2D eigenvalue weighted by Gasteiger charge is 2.20. The molecule has 0 aliphatic heterocycles. The number of amides is 1. The molecule has 0 aliphatic rings. The van der Waals surface area contributed by atoms with Gasteiger partial charge in [-0.05, 0) is 55.6 Å². The molecule has 2 rings (SSSR count). The Hall–Kier alpha value is -1.86. The van der Waals surface area contributed by atoms with E-state index in [0.717, 1.165) is 4.90 Å². The van der Waals surface area contributed by atoms with Gasteiger partial charge in [-0.3, -0.25) is 4.79 Å². The topological polar surface area (TPSA) is 55.4 Å². The van der Waals surface area contributed by atoms with E-state index in [-0.39, 0.29) is 5.69 Å². The van der Waals surface area contributed by atoms with Crippen LogP contribution in [-0.4, -0.2) is 24.2 Å². The number of hydrogen-bond acceptors (Lipinski definition) is 4. The summed E-state index contributed by atoms with van der Waals surface area (Å²) in [5, 5.41) is 2.40. The molecule has 1 N–H and O–H groups in total. The molecular formula is C17H15BrFNO3S. The Labute approximate surface area is 151 Å². The summed E-state index contributed by atoms with van der Waals surface area (Å²) in [6.45, 7) is 1.43. The summed E-state index contributed by atoms with van der Waals surface area (Å²) in [5.41, 5.74) is 0.373. The van der Waals surface area contributed by atoms with E-state index in [1.54, 1.807) is 42.1 Å². The van der Waals surface area contributed by atoms with Gasteiger partial charge in [-0.1, -0.05) is 15.9 Å². The van der Waals surface area contributed by atoms with Crippen LogP contribution < -0.4 is 5.32 Å². The highest BCUT2D eigenvalue weighted by atomic mass is 79.9. The molecule has 0 saturated heterocycles. The van der Waals surface area contributed by atoms with Gasteiger partial charge in [0, 0.05) is 9.37 Å². The molecule has 4 nitrogen and oxygen atoms in total. The summed E-state index contributed by atoms with van der Waals surface area (Å²) >= 11 is 4.69. The number of ether oxygens (including phenoxy) is 1. The Morgan fingerprint density at radius 3 is 2.46 bits per heavy atom. The predicted molar refractivity (Wildman–Crippen MR) is 95.8 cm³/mol. The quantitative estimate of drug-likeness (QED) is 0.581. The average Bonchev–Trinajstić information content (AvgIpc) is 2.57. The maximum atomic E-state index is 13.7. The largest absolute Gasteiger partial charge is 0.449 e. The minimum Gasteiger partial charge on any atom is -0.449 e. The third-order valence-electron chi connectivity index (χ3n) is 3.17. The van der Waals surface area contributed by atoms with E-state index in [4.69, 9.17) is 4.74 Å². The normalized spacial score (nSPS) is 11.7. The van der Waals surface area contributed by atoms with Crippen LogP contribution in [0.25, 0.3) is 0 Å². The van der Waals surface area contributed by atoms with Crippen molar-refractivity contribution in [2.75, 3.05) is 11.6 Å². The first-order valence-electron chi connectivity index (χ1n) is 7.01. The van der Waals surface area contributed by atoms with Crippen LogP contribution in [0.4, 0.5) is 10.1 Å².